The van der Waals surface area contributed by atoms with Crippen LogP contribution in [0.3, 0.4) is 0 Å². The molecule has 21 heavy (non-hydrogen) atoms. The molecule has 6 heteroatoms. The normalized spacial score (nSPS) is 15.3. The number of nitrogens with one attached hydrogen (secondary N) is 2. The Labute approximate surface area is 132 Å². The number of rotatable bonds is 9. The Morgan fingerprint density at radius 3 is 2.76 bits per heavy atom. The zero-order valence-electron chi connectivity index (χ0n) is 12.4. The van der Waals surface area contributed by atoms with E-state index in [0.717, 1.165) is 30.9 Å². The van der Waals surface area contributed by atoms with Crippen LogP contribution in [0.15, 0.2) is 23.1 Å². The van der Waals surface area contributed by atoms with E-state index < -0.39 is 10.0 Å². The summed E-state index contributed by atoms with van der Waals surface area (Å²) in [7, 11) is -3.53. The molecule has 118 valence electrons. The summed E-state index contributed by atoms with van der Waals surface area (Å²) in [4.78, 5) is 0.172. The molecule has 0 unspecified atom stereocenters. The van der Waals surface area contributed by atoms with Gasteiger partial charge in [-0.05, 0) is 43.0 Å². The summed E-state index contributed by atoms with van der Waals surface area (Å²) in [5.74, 6) is 0.821. The van der Waals surface area contributed by atoms with Crippen molar-refractivity contribution in [3.63, 3.8) is 0 Å². The molecule has 0 atom stereocenters. The van der Waals surface area contributed by atoms with Gasteiger partial charge in [-0.25, -0.2) is 13.1 Å². The minimum Gasteiger partial charge on any atom is -0.313 e. The fourth-order valence-electron chi connectivity index (χ4n) is 2.21. The predicted molar refractivity (Wildman–Crippen MR) is 86.0 cm³/mol. The summed E-state index contributed by atoms with van der Waals surface area (Å²) in [5, 5.41) is 3.44. The number of hydrogen-bond acceptors (Lipinski definition) is 3. The van der Waals surface area contributed by atoms with Gasteiger partial charge in [0.25, 0.3) is 0 Å². The second-order valence-electron chi connectivity index (χ2n) is 5.53. The molecule has 0 aromatic heterocycles. The Balaban J connectivity index is 1.98. The first-order chi connectivity index (χ1) is 10.0. The van der Waals surface area contributed by atoms with E-state index >= 15 is 0 Å². The van der Waals surface area contributed by atoms with Gasteiger partial charge in [-0.1, -0.05) is 37.4 Å². The molecule has 0 heterocycles. The monoisotopic (exact) mass is 330 g/mol. The minimum atomic E-state index is -3.53. The summed E-state index contributed by atoms with van der Waals surface area (Å²) in [5.41, 5.74) is 0.916. The Morgan fingerprint density at radius 1 is 1.33 bits per heavy atom. The number of sulfonamides is 1. The third kappa shape index (κ3) is 5.25. The van der Waals surface area contributed by atoms with Gasteiger partial charge in [0, 0.05) is 13.1 Å². The molecule has 1 aromatic rings. The van der Waals surface area contributed by atoms with Crippen LogP contribution in [0.25, 0.3) is 0 Å². The fourth-order valence-corrected chi connectivity index (χ4v) is 3.84. The van der Waals surface area contributed by atoms with E-state index in [4.69, 9.17) is 11.6 Å². The highest BCUT2D eigenvalue weighted by Gasteiger charge is 2.21. The average Bonchev–Trinajstić information content (AvgIpc) is 3.27. The smallest absolute Gasteiger partial charge is 0.242 e. The van der Waals surface area contributed by atoms with Gasteiger partial charge >= 0.3 is 0 Å². The van der Waals surface area contributed by atoms with Crippen LogP contribution in [0.4, 0.5) is 0 Å². The first kappa shape index (κ1) is 16.7. The van der Waals surface area contributed by atoms with Crippen molar-refractivity contribution < 1.29 is 8.42 Å². The Hall–Kier alpha value is -0.620. The topological polar surface area (TPSA) is 58.2 Å². The third-order valence-electron chi connectivity index (χ3n) is 3.64. The van der Waals surface area contributed by atoms with E-state index in [0.29, 0.717) is 13.1 Å². The van der Waals surface area contributed by atoms with E-state index in [9.17, 15) is 8.42 Å². The van der Waals surface area contributed by atoms with E-state index in [1.165, 1.54) is 12.8 Å². The SMILES string of the molecule is CCNCc1ccc(Cl)c(S(=O)(=O)NCCCC2CC2)c1. The summed E-state index contributed by atoms with van der Waals surface area (Å²) in [6.07, 6.45) is 4.59. The largest absolute Gasteiger partial charge is 0.313 e. The molecule has 0 amide bonds. The quantitative estimate of drug-likeness (QED) is 0.684. The maximum Gasteiger partial charge on any atom is 0.242 e. The molecule has 0 spiro atoms. The first-order valence-corrected chi connectivity index (χ1v) is 9.38. The summed E-state index contributed by atoms with van der Waals surface area (Å²) in [6.45, 7) is 3.96. The van der Waals surface area contributed by atoms with Crippen LogP contribution in [0.1, 0.15) is 38.2 Å². The highest BCUT2D eigenvalue weighted by Crippen LogP contribution is 2.33. The number of benzene rings is 1. The van der Waals surface area contributed by atoms with Gasteiger partial charge in [-0.2, -0.15) is 0 Å². The van der Waals surface area contributed by atoms with Crippen LogP contribution >= 0.6 is 11.6 Å². The van der Waals surface area contributed by atoms with Crippen LogP contribution in [0.5, 0.6) is 0 Å². The molecule has 0 radical (unpaired) electrons. The van der Waals surface area contributed by atoms with Gasteiger partial charge in [-0.3, -0.25) is 0 Å². The van der Waals surface area contributed by atoms with Crippen LogP contribution in [-0.2, 0) is 16.6 Å². The maximum absolute atomic E-state index is 12.3. The van der Waals surface area contributed by atoms with E-state index in [1.54, 1.807) is 12.1 Å². The predicted octanol–water partition coefficient (Wildman–Crippen LogP) is 2.92. The van der Waals surface area contributed by atoms with Gasteiger partial charge in [0.15, 0.2) is 0 Å². The number of hydrogen-bond donors (Lipinski definition) is 2. The molecular weight excluding hydrogens is 308 g/mol. The highest BCUT2D eigenvalue weighted by molar-refractivity contribution is 7.89. The van der Waals surface area contributed by atoms with Crippen molar-refractivity contribution >= 4 is 21.6 Å². The van der Waals surface area contributed by atoms with Crippen molar-refractivity contribution in [2.24, 2.45) is 5.92 Å². The molecule has 1 aliphatic rings. The molecule has 4 nitrogen and oxygen atoms in total. The Morgan fingerprint density at radius 2 is 2.10 bits per heavy atom. The minimum absolute atomic E-state index is 0.172. The molecule has 0 aliphatic heterocycles. The van der Waals surface area contributed by atoms with E-state index in [2.05, 4.69) is 10.0 Å². The lowest BCUT2D eigenvalue weighted by molar-refractivity contribution is 0.572. The van der Waals surface area contributed by atoms with Crippen molar-refractivity contribution in [2.75, 3.05) is 13.1 Å². The lowest BCUT2D eigenvalue weighted by Crippen LogP contribution is -2.25. The Bertz CT molecular complexity index is 571. The van der Waals surface area contributed by atoms with Gasteiger partial charge in [0.05, 0.1) is 5.02 Å². The summed E-state index contributed by atoms with van der Waals surface area (Å²) >= 11 is 6.05. The van der Waals surface area contributed by atoms with Crippen LogP contribution in [-0.4, -0.2) is 21.5 Å². The molecule has 1 saturated carbocycles. The van der Waals surface area contributed by atoms with Crippen LogP contribution < -0.4 is 10.0 Å². The van der Waals surface area contributed by atoms with Gasteiger partial charge in [-0.15, -0.1) is 0 Å². The number of halogens is 1. The standard InChI is InChI=1S/C15H23ClN2O2S/c1-2-17-11-13-7-8-14(16)15(10-13)21(19,20)18-9-3-4-12-5-6-12/h7-8,10,12,17-18H,2-6,9,11H2,1H3. The van der Waals surface area contributed by atoms with E-state index in [1.807, 2.05) is 13.0 Å². The average molecular weight is 331 g/mol. The van der Waals surface area contributed by atoms with Crippen molar-refractivity contribution in [1.82, 2.24) is 10.0 Å². The maximum atomic E-state index is 12.3. The first-order valence-electron chi connectivity index (χ1n) is 7.51. The zero-order chi connectivity index (χ0) is 15.3. The molecule has 1 aliphatic carbocycles. The van der Waals surface area contributed by atoms with Crippen molar-refractivity contribution in [2.45, 2.75) is 44.0 Å². The fraction of sp³-hybridized carbons (Fsp3) is 0.600. The second-order valence-corrected chi connectivity index (χ2v) is 7.67. The molecule has 0 bridgehead atoms. The summed E-state index contributed by atoms with van der Waals surface area (Å²) in [6, 6.07) is 5.14. The van der Waals surface area contributed by atoms with Crippen LogP contribution in [0, 0.1) is 5.92 Å². The van der Waals surface area contributed by atoms with Crippen LogP contribution in [0.2, 0.25) is 5.02 Å². The van der Waals surface area contributed by atoms with Crippen molar-refractivity contribution in [1.29, 1.82) is 0 Å². The van der Waals surface area contributed by atoms with Crippen molar-refractivity contribution in [3.8, 4) is 0 Å². The lowest BCUT2D eigenvalue weighted by Gasteiger charge is -2.10. The highest BCUT2D eigenvalue weighted by atomic mass is 35.5. The van der Waals surface area contributed by atoms with Gasteiger partial charge < -0.3 is 5.32 Å². The second kappa shape index (κ2) is 7.58. The van der Waals surface area contributed by atoms with Crippen molar-refractivity contribution in [3.05, 3.63) is 28.8 Å². The third-order valence-corrected chi connectivity index (χ3v) is 5.59. The molecule has 2 rings (SSSR count). The van der Waals surface area contributed by atoms with Gasteiger partial charge in [0.2, 0.25) is 10.0 Å². The Kier molecular flexibility index (Phi) is 6.05. The molecule has 1 aromatic carbocycles. The zero-order valence-corrected chi connectivity index (χ0v) is 13.9. The van der Waals surface area contributed by atoms with Gasteiger partial charge in [0.1, 0.15) is 4.90 Å². The molecule has 1 fully saturated rings. The van der Waals surface area contributed by atoms with E-state index in [-0.39, 0.29) is 9.92 Å². The molecule has 2 N–H and O–H groups in total. The summed E-state index contributed by atoms with van der Waals surface area (Å²) < 4.78 is 27.3. The molecular formula is C15H23ClN2O2S. The lowest BCUT2D eigenvalue weighted by atomic mass is 10.2. The molecule has 0 saturated heterocycles.